The highest BCUT2D eigenvalue weighted by atomic mass is 32.2. The molecule has 0 aromatic rings. The van der Waals surface area contributed by atoms with Crippen molar-refractivity contribution >= 4 is 17.0 Å². The van der Waals surface area contributed by atoms with Gasteiger partial charge in [-0.1, -0.05) is 11.8 Å². The van der Waals surface area contributed by atoms with Gasteiger partial charge in [0.1, 0.15) is 0 Å². The Hall–Kier alpha value is -0.220. The maximum Gasteiger partial charge on any atom is 0.281 e. The lowest BCUT2D eigenvalue weighted by atomic mass is 10.4. The fourth-order valence-corrected chi connectivity index (χ4v) is 1.46. The van der Waals surface area contributed by atoms with Gasteiger partial charge in [-0.25, -0.2) is 0 Å². The molecule has 9 heavy (non-hydrogen) atoms. The van der Waals surface area contributed by atoms with Gasteiger partial charge in [-0.2, -0.15) is 0 Å². The number of carbonyl (C=O) groups is 1. The van der Waals surface area contributed by atoms with Crippen LogP contribution in [0.15, 0.2) is 0 Å². The van der Waals surface area contributed by atoms with Crippen LogP contribution in [0.5, 0.6) is 0 Å². The number of hydrogen-bond acceptors (Lipinski definition) is 3. The van der Waals surface area contributed by atoms with Crippen LogP contribution in [0.2, 0.25) is 0 Å². The topological polar surface area (TPSA) is 40.5 Å². The van der Waals surface area contributed by atoms with Gasteiger partial charge in [0.05, 0.1) is 6.10 Å². The Morgan fingerprint density at radius 2 is 2.56 bits per heavy atom. The standard InChI is InChI=1S/C5H9NO2S/c1-6-2-4(7)3-9-5(6)8/h4,7H,2-3H2,1H3. The number of aliphatic hydroxyl groups is 1. The predicted octanol–water partition coefficient (Wildman–Crippen LogP) is 0.146. The summed E-state index contributed by atoms with van der Waals surface area (Å²) in [6.07, 6.45) is -0.335. The Morgan fingerprint density at radius 1 is 1.89 bits per heavy atom. The predicted molar refractivity (Wildman–Crippen MR) is 36.5 cm³/mol. The van der Waals surface area contributed by atoms with Gasteiger partial charge in [0.15, 0.2) is 0 Å². The van der Waals surface area contributed by atoms with E-state index in [4.69, 9.17) is 5.11 Å². The highest BCUT2D eigenvalue weighted by Crippen LogP contribution is 2.15. The Labute approximate surface area is 58.0 Å². The Kier molecular flexibility index (Phi) is 1.97. The van der Waals surface area contributed by atoms with Gasteiger partial charge in [0.2, 0.25) is 0 Å². The number of hydrogen-bond donors (Lipinski definition) is 1. The van der Waals surface area contributed by atoms with E-state index < -0.39 is 0 Å². The molecule has 0 aliphatic carbocycles. The zero-order valence-corrected chi connectivity index (χ0v) is 6.02. The van der Waals surface area contributed by atoms with E-state index in [1.807, 2.05) is 0 Å². The van der Waals surface area contributed by atoms with Crippen LogP contribution in [0.4, 0.5) is 4.79 Å². The van der Waals surface area contributed by atoms with Gasteiger partial charge in [-0.3, -0.25) is 4.79 Å². The summed E-state index contributed by atoms with van der Waals surface area (Å²) in [6.45, 7) is 0.478. The number of thioether (sulfide) groups is 1. The van der Waals surface area contributed by atoms with Crippen LogP contribution in [0.1, 0.15) is 0 Å². The zero-order valence-electron chi connectivity index (χ0n) is 5.20. The average molecular weight is 147 g/mol. The SMILES string of the molecule is CN1CC(O)CSC1=O. The summed E-state index contributed by atoms with van der Waals surface area (Å²) in [7, 11) is 1.69. The molecule has 1 N–H and O–H groups in total. The van der Waals surface area contributed by atoms with E-state index in [0.717, 1.165) is 0 Å². The molecule has 52 valence electrons. The summed E-state index contributed by atoms with van der Waals surface area (Å²) in [5.74, 6) is 0.545. The highest BCUT2D eigenvalue weighted by Gasteiger charge is 2.20. The van der Waals surface area contributed by atoms with E-state index in [1.54, 1.807) is 7.05 Å². The summed E-state index contributed by atoms with van der Waals surface area (Å²) in [4.78, 5) is 12.2. The fraction of sp³-hybridized carbons (Fsp3) is 0.800. The summed E-state index contributed by atoms with van der Waals surface area (Å²) in [5.41, 5.74) is 0. The molecule has 0 bridgehead atoms. The third-order valence-electron chi connectivity index (χ3n) is 1.20. The molecule has 1 fully saturated rings. The summed E-state index contributed by atoms with van der Waals surface area (Å²) in [6, 6.07) is 0. The van der Waals surface area contributed by atoms with Crippen LogP contribution in [0.25, 0.3) is 0 Å². The van der Waals surface area contributed by atoms with Gasteiger partial charge in [-0.05, 0) is 0 Å². The van der Waals surface area contributed by atoms with Crippen LogP contribution < -0.4 is 0 Å². The van der Waals surface area contributed by atoms with E-state index in [2.05, 4.69) is 0 Å². The van der Waals surface area contributed by atoms with Crippen LogP contribution >= 0.6 is 11.8 Å². The van der Waals surface area contributed by atoms with Crippen molar-refractivity contribution in [3.8, 4) is 0 Å². The van der Waals surface area contributed by atoms with Crippen molar-refractivity contribution in [2.45, 2.75) is 6.10 Å². The molecule has 1 heterocycles. The Balaban J connectivity index is 2.44. The number of rotatable bonds is 0. The van der Waals surface area contributed by atoms with E-state index in [0.29, 0.717) is 12.3 Å². The second-order valence-corrected chi connectivity index (χ2v) is 3.08. The number of β-amino-alcohol motifs (C(OH)–C–C–N with tert-alkyl or cyclic N) is 1. The number of aliphatic hydroxyl groups excluding tert-OH is 1. The maximum atomic E-state index is 10.7. The van der Waals surface area contributed by atoms with Gasteiger partial charge in [0.25, 0.3) is 5.24 Å². The third kappa shape index (κ3) is 1.59. The molecule has 0 saturated carbocycles. The van der Waals surface area contributed by atoms with Crippen molar-refractivity contribution in [3.63, 3.8) is 0 Å². The molecule has 0 spiro atoms. The second-order valence-electron chi connectivity index (χ2n) is 2.11. The lowest BCUT2D eigenvalue weighted by Gasteiger charge is -2.24. The third-order valence-corrected chi connectivity index (χ3v) is 2.31. The van der Waals surface area contributed by atoms with Crippen molar-refractivity contribution in [1.29, 1.82) is 0 Å². The number of carbonyl (C=O) groups excluding carboxylic acids is 1. The first kappa shape index (κ1) is 6.89. The maximum absolute atomic E-state index is 10.7. The normalized spacial score (nSPS) is 28.9. The molecule has 1 atom stereocenters. The zero-order chi connectivity index (χ0) is 6.85. The summed E-state index contributed by atoms with van der Waals surface area (Å²) >= 11 is 1.17. The number of amides is 1. The van der Waals surface area contributed by atoms with Crippen molar-refractivity contribution in [2.75, 3.05) is 19.3 Å². The van der Waals surface area contributed by atoms with Gasteiger partial charge < -0.3 is 10.0 Å². The van der Waals surface area contributed by atoms with Crippen LogP contribution in [-0.2, 0) is 0 Å². The molecule has 0 aromatic carbocycles. The first-order valence-corrected chi connectivity index (χ1v) is 3.74. The smallest absolute Gasteiger partial charge is 0.281 e. The molecule has 1 amide bonds. The molecule has 3 nitrogen and oxygen atoms in total. The summed E-state index contributed by atoms with van der Waals surface area (Å²) in [5, 5.41) is 9.04. The highest BCUT2D eigenvalue weighted by molar-refractivity contribution is 8.13. The minimum atomic E-state index is -0.335. The van der Waals surface area contributed by atoms with E-state index >= 15 is 0 Å². The molecular weight excluding hydrogens is 138 g/mol. The first-order valence-electron chi connectivity index (χ1n) is 2.76. The van der Waals surface area contributed by atoms with E-state index in [9.17, 15) is 4.79 Å². The first-order chi connectivity index (χ1) is 4.20. The minimum absolute atomic E-state index is 0.0558. The van der Waals surface area contributed by atoms with Crippen LogP contribution in [0, 0.1) is 0 Å². The molecular formula is C5H9NO2S. The number of nitrogens with zero attached hydrogens (tertiary/aromatic N) is 1. The monoisotopic (exact) mass is 147 g/mol. The minimum Gasteiger partial charge on any atom is -0.390 e. The molecule has 0 aromatic heterocycles. The quantitative estimate of drug-likeness (QED) is 0.530. The summed E-state index contributed by atoms with van der Waals surface area (Å²) < 4.78 is 0. The number of likely N-dealkylation sites (N-methyl/N-ethyl adjacent to an activating group) is 1. The molecule has 1 aliphatic rings. The molecule has 4 heteroatoms. The molecule has 1 saturated heterocycles. The van der Waals surface area contributed by atoms with Crippen molar-refractivity contribution in [2.24, 2.45) is 0 Å². The molecule has 1 aliphatic heterocycles. The van der Waals surface area contributed by atoms with Crippen molar-refractivity contribution < 1.29 is 9.90 Å². The Bertz CT molecular complexity index is 128. The molecule has 1 rings (SSSR count). The molecule has 1 unspecified atom stereocenters. The van der Waals surface area contributed by atoms with Gasteiger partial charge in [0, 0.05) is 19.3 Å². The van der Waals surface area contributed by atoms with Crippen LogP contribution in [-0.4, -0.2) is 40.7 Å². The van der Waals surface area contributed by atoms with Gasteiger partial charge in [-0.15, -0.1) is 0 Å². The largest absolute Gasteiger partial charge is 0.390 e. The van der Waals surface area contributed by atoms with Crippen molar-refractivity contribution in [1.82, 2.24) is 4.90 Å². The van der Waals surface area contributed by atoms with E-state index in [-0.39, 0.29) is 11.3 Å². The molecule has 0 radical (unpaired) electrons. The van der Waals surface area contributed by atoms with Gasteiger partial charge >= 0.3 is 0 Å². The average Bonchev–Trinajstić information content (AvgIpc) is 1.80. The Morgan fingerprint density at radius 3 is 3.00 bits per heavy atom. The second kappa shape index (κ2) is 2.58. The van der Waals surface area contributed by atoms with Crippen LogP contribution in [0.3, 0.4) is 0 Å². The fourth-order valence-electron chi connectivity index (χ4n) is 0.721. The lowest BCUT2D eigenvalue weighted by molar-refractivity contribution is 0.151. The van der Waals surface area contributed by atoms with E-state index in [1.165, 1.54) is 16.7 Å². The van der Waals surface area contributed by atoms with Crippen molar-refractivity contribution in [3.05, 3.63) is 0 Å². The lowest BCUT2D eigenvalue weighted by Crippen LogP contribution is -2.38.